The van der Waals surface area contributed by atoms with Crippen LogP contribution < -0.4 is 5.73 Å². The maximum Gasteiger partial charge on any atom is 0.149 e. The Balaban J connectivity index is 3.04. The van der Waals surface area contributed by atoms with Gasteiger partial charge in [-0.1, -0.05) is 5.16 Å². The molecule has 0 saturated heterocycles. The third-order valence-corrected chi connectivity index (χ3v) is 1.77. The summed E-state index contributed by atoms with van der Waals surface area (Å²) in [6.45, 7) is 0.698. The minimum atomic E-state index is 0.251. The lowest BCUT2D eigenvalue weighted by Crippen LogP contribution is -2.14. The van der Waals surface area contributed by atoms with Gasteiger partial charge < -0.3 is 15.7 Å². The summed E-state index contributed by atoms with van der Waals surface area (Å²) in [6.07, 6.45) is 0. The van der Waals surface area contributed by atoms with Crippen LogP contribution in [0.3, 0.4) is 0 Å². The van der Waals surface area contributed by atoms with Gasteiger partial charge in [0.15, 0.2) is 0 Å². The highest BCUT2D eigenvalue weighted by Gasteiger charge is 1.91. The molecule has 4 nitrogen and oxygen atoms in total. The van der Waals surface area contributed by atoms with Crippen molar-refractivity contribution in [3.63, 3.8) is 0 Å². The molecule has 0 heterocycles. The Kier molecular flexibility index (Phi) is 6.42. The highest BCUT2D eigenvalue weighted by molar-refractivity contribution is 7.99. The lowest BCUT2D eigenvalue weighted by molar-refractivity contribution is 0.218. The molecule has 0 rings (SSSR count). The first-order valence-electron chi connectivity index (χ1n) is 2.84. The molecule has 0 aromatic carbocycles. The Hall–Kier alpha value is -0.420. The standard InChI is InChI=1S/C5H12N2O2S/c1-9-2-3-10-4-5(6)7-8/h8H,2-4H2,1H3,(H2,6,7). The first-order valence-corrected chi connectivity index (χ1v) is 3.99. The zero-order valence-electron chi connectivity index (χ0n) is 5.91. The molecule has 0 unspecified atom stereocenters. The molecule has 0 saturated carbocycles. The minimum Gasteiger partial charge on any atom is -0.409 e. The van der Waals surface area contributed by atoms with E-state index in [1.54, 1.807) is 18.9 Å². The summed E-state index contributed by atoms with van der Waals surface area (Å²) in [5, 5.41) is 10.9. The van der Waals surface area contributed by atoms with Gasteiger partial charge >= 0.3 is 0 Å². The number of amidine groups is 1. The number of nitrogens with two attached hydrogens (primary N) is 1. The smallest absolute Gasteiger partial charge is 0.149 e. The summed E-state index contributed by atoms with van der Waals surface area (Å²) in [5.41, 5.74) is 5.19. The van der Waals surface area contributed by atoms with Crippen molar-refractivity contribution in [1.29, 1.82) is 0 Å². The lowest BCUT2D eigenvalue weighted by Gasteiger charge is -1.97. The summed E-state index contributed by atoms with van der Waals surface area (Å²) >= 11 is 1.57. The molecule has 5 heteroatoms. The molecule has 0 fully saturated rings. The van der Waals surface area contributed by atoms with Crippen molar-refractivity contribution in [2.45, 2.75) is 0 Å². The van der Waals surface area contributed by atoms with Crippen molar-refractivity contribution in [3.8, 4) is 0 Å². The second kappa shape index (κ2) is 6.70. The topological polar surface area (TPSA) is 67.8 Å². The Labute approximate surface area is 64.4 Å². The van der Waals surface area contributed by atoms with Gasteiger partial charge in [-0.3, -0.25) is 0 Å². The van der Waals surface area contributed by atoms with E-state index in [-0.39, 0.29) is 5.84 Å². The van der Waals surface area contributed by atoms with Crippen LogP contribution >= 0.6 is 11.8 Å². The predicted octanol–water partition coefficient (Wildman–Crippen LogP) is 0.112. The first kappa shape index (κ1) is 9.58. The quantitative estimate of drug-likeness (QED) is 0.199. The fraction of sp³-hybridized carbons (Fsp3) is 0.800. The molecule has 0 aromatic heterocycles. The molecular weight excluding hydrogens is 152 g/mol. The number of hydrogen-bond donors (Lipinski definition) is 2. The van der Waals surface area contributed by atoms with Gasteiger partial charge in [0.2, 0.25) is 0 Å². The fourth-order valence-corrected chi connectivity index (χ4v) is 1.04. The van der Waals surface area contributed by atoms with Crippen LogP contribution in [0.15, 0.2) is 5.16 Å². The third kappa shape index (κ3) is 5.71. The summed E-state index contributed by atoms with van der Waals surface area (Å²) < 4.78 is 4.79. The largest absolute Gasteiger partial charge is 0.409 e. The maximum absolute atomic E-state index is 8.11. The molecule has 0 aliphatic rings. The zero-order valence-corrected chi connectivity index (χ0v) is 6.73. The first-order chi connectivity index (χ1) is 4.81. The van der Waals surface area contributed by atoms with Crippen molar-refractivity contribution in [2.75, 3.05) is 25.2 Å². The SMILES string of the molecule is COCCSC/C(N)=N/O. The van der Waals surface area contributed by atoms with Crippen molar-refractivity contribution >= 4 is 17.6 Å². The van der Waals surface area contributed by atoms with Crippen LogP contribution in [-0.4, -0.2) is 36.3 Å². The predicted molar refractivity (Wildman–Crippen MR) is 42.6 cm³/mol. The van der Waals surface area contributed by atoms with Gasteiger partial charge in [-0.2, -0.15) is 11.8 Å². The lowest BCUT2D eigenvalue weighted by atomic mass is 10.7. The van der Waals surface area contributed by atoms with Crippen LogP contribution in [-0.2, 0) is 4.74 Å². The van der Waals surface area contributed by atoms with Crippen LogP contribution in [0.1, 0.15) is 0 Å². The Morgan fingerprint density at radius 1 is 1.80 bits per heavy atom. The van der Waals surface area contributed by atoms with Gasteiger partial charge in [-0.25, -0.2) is 0 Å². The average molecular weight is 164 g/mol. The van der Waals surface area contributed by atoms with E-state index >= 15 is 0 Å². The van der Waals surface area contributed by atoms with Crippen molar-refractivity contribution in [1.82, 2.24) is 0 Å². The average Bonchev–Trinajstić information content (AvgIpc) is 1.98. The normalized spacial score (nSPS) is 11.9. The van der Waals surface area contributed by atoms with E-state index < -0.39 is 0 Å². The van der Waals surface area contributed by atoms with Crippen LogP contribution in [0, 0.1) is 0 Å². The molecule has 0 aliphatic carbocycles. The summed E-state index contributed by atoms with van der Waals surface area (Å²) in [5.74, 6) is 1.67. The number of hydrogen-bond acceptors (Lipinski definition) is 4. The van der Waals surface area contributed by atoms with Crippen LogP contribution in [0.25, 0.3) is 0 Å². The minimum absolute atomic E-state index is 0.251. The van der Waals surface area contributed by atoms with E-state index in [1.165, 1.54) is 0 Å². The highest BCUT2D eigenvalue weighted by Crippen LogP contribution is 1.97. The molecular formula is C5H12N2O2S. The monoisotopic (exact) mass is 164 g/mol. The Bertz CT molecular complexity index is 108. The number of thioether (sulfide) groups is 1. The van der Waals surface area contributed by atoms with Gasteiger partial charge in [-0.15, -0.1) is 0 Å². The molecule has 0 amide bonds. The summed E-state index contributed by atoms with van der Waals surface area (Å²) in [7, 11) is 1.64. The molecule has 0 bridgehead atoms. The number of oxime groups is 1. The van der Waals surface area contributed by atoms with Gasteiger partial charge in [0, 0.05) is 12.9 Å². The van der Waals surface area contributed by atoms with Gasteiger partial charge in [-0.05, 0) is 0 Å². The van der Waals surface area contributed by atoms with Gasteiger partial charge in [0.25, 0.3) is 0 Å². The van der Waals surface area contributed by atoms with E-state index in [9.17, 15) is 0 Å². The summed E-state index contributed by atoms with van der Waals surface area (Å²) in [6, 6.07) is 0. The molecule has 3 N–H and O–H groups in total. The van der Waals surface area contributed by atoms with E-state index in [2.05, 4.69) is 5.16 Å². The second-order valence-corrected chi connectivity index (χ2v) is 2.74. The highest BCUT2D eigenvalue weighted by atomic mass is 32.2. The fourth-order valence-electron chi connectivity index (χ4n) is 0.348. The molecule has 0 radical (unpaired) electrons. The molecule has 0 aliphatic heterocycles. The second-order valence-electron chi connectivity index (χ2n) is 1.64. The molecule has 10 heavy (non-hydrogen) atoms. The number of ether oxygens (including phenoxy) is 1. The maximum atomic E-state index is 8.11. The molecule has 0 atom stereocenters. The van der Waals surface area contributed by atoms with Crippen LogP contribution in [0.2, 0.25) is 0 Å². The zero-order chi connectivity index (χ0) is 7.82. The molecule has 60 valence electrons. The van der Waals surface area contributed by atoms with Crippen LogP contribution in [0.5, 0.6) is 0 Å². The van der Waals surface area contributed by atoms with E-state index in [1.807, 2.05) is 0 Å². The Morgan fingerprint density at radius 3 is 3.00 bits per heavy atom. The third-order valence-electron chi connectivity index (χ3n) is 0.810. The molecule has 0 spiro atoms. The molecule has 0 aromatic rings. The van der Waals surface area contributed by atoms with Crippen LogP contribution in [0.4, 0.5) is 0 Å². The van der Waals surface area contributed by atoms with E-state index in [0.717, 1.165) is 5.75 Å². The van der Waals surface area contributed by atoms with Crippen molar-refractivity contribution in [3.05, 3.63) is 0 Å². The number of rotatable bonds is 5. The summed E-state index contributed by atoms with van der Waals surface area (Å²) in [4.78, 5) is 0. The van der Waals surface area contributed by atoms with E-state index in [4.69, 9.17) is 15.7 Å². The van der Waals surface area contributed by atoms with Gasteiger partial charge in [0.1, 0.15) is 5.84 Å². The van der Waals surface area contributed by atoms with Gasteiger partial charge in [0.05, 0.1) is 12.4 Å². The van der Waals surface area contributed by atoms with Crippen molar-refractivity contribution in [2.24, 2.45) is 10.9 Å². The number of nitrogens with zero attached hydrogens (tertiary/aromatic N) is 1. The number of methoxy groups -OCH3 is 1. The Morgan fingerprint density at radius 2 is 2.50 bits per heavy atom. The van der Waals surface area contributed by atoms with E-state index in [0.29, 0.717) is 12.4 Å². The van der Waals surface area contributed by atoms with Crippen molar-refractivity contribution < 1.29 is 9.94 Å².